The number of hydrogen-bond acceptors (Lipinski definition) is 3. The number of rotatable bonds is 4. The van der Waals surface area contributed by atoms with Crippen LogP contribution in [0.4, 0.5) is 4.39 Å². The minimum absolute atomic E-state index is 0.0958. The molecule has 1 amide bonds. The monoisotopic (exact) mass is 324 g/mol. The molecule has 0 fully saturated rings. The molecule has 1 aromatic carbocycles. The Kier molecular flexibility index (Phi) is 4.61. The van der Waals surface area contributed by atoms with Crippen molar-refractivity contribution < 1.29 is 17.6 Å². The van der Waals surface area contributed by atoms with E-state index in [4.69, 9.17) is 5.14 Å². The summed E-state index contributed by atoms with van der Waals surface area (Å²) in [7, 11) is -3.61. The lowest BCUT2D eigenvalue weighted by Gasteiger charge is -2.06. The van der Waals surface area contributed by atoms with Gasteiger partial charge in [-0.3, -0.25) is 4.79 Å². The van der Waals surface area contributed by atoms with Crippen molar-refractivity contribution in [1.29, 1.82) is 0 Å². The molecule has 1 rings (SSSR count). The normalized spacial score (nSPS) is 11.2. The Labute approximate surface area is 106 Å². The second-order valence-electron chi connectivity index (χ2n) is 3.25. The zero-order valence-electron chi connectivity index (χ0n) is 8.61. The summed E-state index contributed by atoms with van der Waals surface area (Å²) in [5, 5.41) is 7.14. The molecule has 0 aliphatic rings. The molecule has 0 aliphatic heterocycles. The Bertz CT molecular complexity index is 533. The summed E-state index contributed by atoms with van der Waals surface area (Å²) in [5.74, 6) is -1.32. The number of carbonyl (C=O) groups excluding carboxylic acids is 1. The molecule has 1 aromatic rings. The molecule has 3 N–H and O–H groups in total. The maximum absolute atomic E-state index is 12.8. The Morgan fingerprint density at radius 2 is 2.12 bits per heavy atom. The summed E-state index contributed by atoms with van der Waals surface area (Å²) in [6.07, 6.45) is 0. The molecule has 17 heavy (non-hydrogen) atoms. The summed E-state index contributed by atoms with van der Waals surface area (Å²) in [6.45, 7) is -0.0958. The van der Waals surface area contributed by atoms with Crippen molar-refractivity contribution >= 4 is 31.9 Å². The molecule has 0 aliphatic carbocycles. The van der Waals surface area contributed by atoms with Gasteiger partial charge in [-0.05, 0) is 34.1 Å². The van der Waals surface area contributed by atoms with E-state index in [9.17, 15) is 17.6 Å². The van der Waals surface area contributed by atoms with Gasteiger partial charge >= 0.3 is 0 Å². The molecule has 0 bridgehead atoms. The molecule has 94 valence electrons. The van der Waals surface area contributed by atoms with E-state index in [2.05, 4.69) is 21.2 Å². The third-order valence-electron chi connectivity index (χ3n) is 1.85. The SMILES string of the molecule is NS(=O)(=O)CCNC(=O)c1ccc(F)cc1Br. The van der Waals surface area contributed by atoms with Gasteiger partial charge in [0.1, 0.15) is 5.82 Å². The largest absolute Gasteiger partial charge is 0.351 e. The number of nitrogens with one attached hydrogen (secondary N) is 1. The van der Waals surface area contributed by atoms with E-state index in [0.717, 1.165) is 12.1 Å². The van der Waals surface area contributed by atoms with Gasteiger partial charge < -0.3 is 5.32 Å². The molecular weight excluding hydrogens is 315 g/mol. The van der Waals surface area contributed by atoms with Gasteiger partial charge in [0.2, 0.25) is 10.0 Å². The van der Waals surface area contributed by atoms with Crippen molar-refractivity contribution in [2.75, 3.05) is 12.3 Å². The molecule has 5 nitrogen and oxygen atoms in total. The lowest BCUT2D eigenvalue weighted by atomic mass is 10.2. The fraction of sp³-hybridized carbons (Fsp3) is 0.222. The van der Waals surface area contributed by atoms with E-state index in [1.165, 1.54) is 6.07 Å². The van der Waals surface area contributed by atoms with Gasteiger partial charge in [0.05, 0.1) is 11.3 Å². The molecule has 0 atom stereocenters. The summed E-state index contributed by atoms with van der Waals surface area (Å²) in [4.78, 5) is 11.6. The first-order valence-electron chi connectivity index (χ1n) is 4.53. The minimum Gasteiger partial charge on any atom is -0.351 e. The Balaban J connectivity index is 2.65. The summed E-state index contributed by atoms with van der Waals surface area (Å²) >= 11 is 3.04. The van der Waals surface area contributed by atoms with E-state index in [1.54, 1.807) is 0 Å². The van der Waals surface area contributed by atoms with Crippen LogP contribution in [0, 0.1) is 5.82 Å². The average molecular weight is 325 g/mol. The van der Waals surface area contributed by atoms with Gasteiger partial charge in [-0.1, -0.05) is 0 Å². The number of hydrogen-bond donors (Lipinski definition) is 2. The number of halogens is 2. The van der Waals surface area contributed by atoms with Gasteiger partial charge in [-0.2, -0.15) is 0 Å². The number of sulfonamides is 1. The second-order valence-corrected chi connectivity index (χ2v) is 5.84. The third-order valence-corrected chi connectivity index (χ3v) is 3.28. The zero-order valence-corrected chi connectivity index (χ0v) is 11.0. The topological polar surface area (TPSA) is 89.3 Å². The highest BCUT2D eigenvalue weighted by molar-refractivity contribution is 9.10. The summed E-state index contributed by atoms with van der Waals surface area (Å²) in [5.41, 5.74) is 0.223. The summed E-state index contributed by atoms with van der Waals surface area (Å²) in [6, 6.07) is 3.58. The maximum atomic E-state index is 12.8. The van der Waals surface area contributed by atoms with E-state index < -0.39 is 21.7 Å². The minimum atomic E-state index is -3.61. The Hall–Kier alpha value is -0.990. The Morgan fingerprint density at radius 3 is 2.65 bits per heavy atom. The maximum Gasteiger partial charge on any atom is 0.252 e. The first-order chi connectivity index (χ1) is 7.79. The smallest absolute Gasteiger partial charge is 0.252 e. The molecule has 0 saturated carbocycles. The van der Waals surface area contributed by atoms with Crippen molar-refractivity contribution in [3.63, 3.8) is 0 Å². The van der Waals surface area contributed by atoms with Gasteiger partial charge in [-0.25, -0.2) is 17.9 Å². The molecule has 0 radical (unpaired) electrons. The molecule has 8 heteroatoms. The highest BCUT2D eigenvalue weighted by atomic mass is 79.9. The standard InChI is InChI=1S/C9H10BrFN2O3S/c10-8-5-6(11)1-2-7(8)9(14)13-3-4-17(12,15)16/h1-2,5H,3-4H2,(H,13,14)(H2,12,15,16). The van der Waals surface area contributed by atoms with Crippen molar-refractivity contribution in [3.8, 4) is 0 Å². The molecule has 0 unspecified atom stereocenters. The van der Waals surface area contributed by atoms with Crippen molar-refractivity contribution in [2.24, 2.45) is 5.14 Å². The fourth-order valence-corrected chi connectivity index (χ4v) is 1.99. The quantitative estimate of drug-likeness (QED) is 0.850. The number of benzene rings is 1. The van der Waals surface area contributed by atoms with Crippen LogP contribution in [0.3, 0.4) is 0 Å². The molecule has 0 heterocycles. The molecule has 0 aromatic heterocycles. The van der Waals surface area contributed by atoms with Crippen LogP contribution in [0.15, 0.2) is 22.7 Å². The first-order valence-corrected chi connectivity index (χ1v) is 7.04. The van der Waals surface area contributed by atoms with Crippen LogP contribution in [0.2, 0.25) is 0 Å². The van der Waals surface area contributed by atoms with Gasteiger partial charge in [0, 0.05) is 11.0 Å². The van der Waals surface area contributed by atoms with E-state index >= 15 is 0 Å². The van der Waals surface area contributed by atoms with Gasteiger partial charge in [0.15, 0.2) is 0 Å². The average Bonchev–Trinajstić information content (AvgIpc) is 2.15. The van der Waals surface area contributed by atoms with Gasteiger partial charge in [0.25, 0.3) is 5.91 Å². The first kappa shape index (κ1) is 14.1. The van der Waals surface area contributed by atoms with Crippen LogP contribution < -0.4 is 10.5 Å². The highest BCUT2D eigenvalue weighted by Crippen LogP contribution is 2.17. The number of carbonyl (C=O) groups is 1. The van der Waals surface area contributed by atoms with E-state index in [1.807, 2.05) is 0 Å². The van der Waals surface area contributed by atoms with E-state index in [-0.39, 0.29) is 17.9 Å². The number of amides is 1. The summed E-state index contributed by atoms with van der Waals surface area (Å²) < 4.78 is 34.3. The van der Waals surface area contributed by atoms with Crippen LogP contribution in [0.1, 0.15) is 10.4 Å². The number of primary sulfonamides is 1. The second kappa shape index (κ2) is 5.56. The van der Waals surface area contributed by atoms with Crippen LogP contribution in [-0.4, -0.2) is 26.6 Å². The van der Waals surface area contributed by atoms with Crippen LogP contribution in [0.25, 0.3) is 0 Å². The van der Waals surface area contributed by atoms with Crippen molar-refractivity contribution in [3.05, 3.63) is 34.1 Å². The predicted octanol–water partition coefficient (Wildman–Crippen LogP) is 0.607. The lowest BCUT2D eigenvalue weighted by molar-refractivity contribution is 0.0955. The van der Waals surface area contributed by atoms with Gasteiger partial charge in [-0.15, -0.1) is 0 Å². The molecule has 0 saturated heterocycles. The molecule has 0 spiro atoms. The van der Waals surface area contributed by atoms with Crippen molar-refractivity contribution in [2.45, 2.75) is 0 Å². The van der Waals surface area contributed by atoms with Crippen molar-refractivity contribution in [1.82, 2.24) is 5.32 Å². The highest BCUT2D eigenvalue weighted by Gasteiger charge is 2.11. The van der Waals surface area contributed by atoms with E-state index in [0.29, 0.717) is 4.47 Å². The fourth-order valence-electron chi connectivity index (χ4n) is 1.08. The van der Waals surface area contributed by atoms with Crippen LogP contribution >= 0.6 is 15.9 Å². The third kappa shape index (κ3) is 4.80. The zero-order chi connectivity index (χ0) is 13.1. The van der Waals surface area contributed by atoms with Crippen LogP contribution in [-0.2, 0) is 10.0 Å². The Morgan fingerprint density at radius 1 is 1.47 bits per heavy atom. The lowest BCUT2D eigenvalue weighted by Crippen LogP contribution is -2.31. The molecular formula is C9H10BrFN2O3S. The van der Waals surface area contributed by atoms with Crippen LogP contribution in [0.5, 0.6) is 0 Å². The number of nitrogens with two attached hydrogens (primary N) is 1. The predicted molar refractivity (Wildman–Crippen MR) is 64.4 cm³/mol.